The maximum atomic E-state index is 9.99. The van der Waals surface area contributed by atoms with E-state index in [4.69, 9.17) is 0 Å². The summed E-state index contributed by atoms with van der Waals surface area (Å²) in [6.07, 6.45) is 1.61. The fraction of sp³-hybridized carbons (Fsp3) is 0.385. The molecule has 1 N–H and O–H groups in total. The van der Waals surface area contributed by atoms with Gasteiger partial charge in [-0.15, -0.1) is 0 Å². The molecule has 1 aromatic carbocycles. The Morgan fingerprint density at radius 3 is 2.33 bits per heavy atom. The molecule has 0 heterocycles. The maximum absolute atomic E-state index is 9.99. The van der Waals surface area contributed by atoms with Crippen molar-refractivity contribution in [2.75, 3.05) is 0 Å². The Morgan fingerprint density at radius 1 is 1.27 bits per heavy atom. The van der Waals surface area contributed by atoms with Crippen LogP contribution in [0.15, 0.2) is 43.0 Å². The van der Waals surface area contributed by atoms with E-state index in [0.717, 1.165) is 0 Å². The van der Waals surface area contributed by atoms with Gasteiger partial charge in [0.25, 0.3) is 0 Å². The summed E-state index contributed by atoms with van der Waals surface area (Å²) in [4.78, 5) is 0.208. The first kappa shape index (κ1) is 12.5. The van der Waals surface area contributed by atoms with Crippen LogP contribution in [-0.2, 0) is 0 Å². The normalized spacial score (nSPS) is 14.9. The van der Waals surface area contributed by atoms with Crippen molar-refractivity contribution in [1.29, 1.82) is 0 Å². The van der Waals surface area contributed by atoms with Gasteiger partial charge in [-0.25, -0.2) is 0 Å². The summed E-state index contributed by atoms with van der Waals surface area (Å²) in [6.45, 7) is 7.90. The average Bonchev–Trinajstić information content (AvgIpc) is 2.26. The molecule has 0 aliphatic rings. The van der Waals surface area contributed by atoms with Gasteiger partial charge in [-0.1, -0.05) is 0 Å². The van der Waals surface area contributed by atoms with E-state index < -0.39 is 0 Å². The Morgan fingerprint density at radius 2 is 1.87 bits per heavy atom. The number of aliphatic hydroxyl groups is 1. The molecule has 0 saturated heterocycles. The van der Waals surface area contributed by atoms with Crippen LogP contribution in [0.5, 0.6) is 0 Å². The van der Waals surface area contributed by atoms with Gasteiger partial charge in [-0.3, -0.25) is 0 Å². The molecule has 1 rings (SSSR count). The summed E-state index contributed by atoms with van der Waals surface area (Å²) in [7, 11) is 0. The number of rotatable bonds is 5. The minimum atomic E-state index is -0.275. The van der Waals surface area contributed by atoms with E-state index >= 15 is 0 Å². The molecule has 0 amide bonds. The summed E-state index contributed by atoms with van der Waals surface area (Å²) in [6, 6.07) is 10.3. The number of benzene rings is 1. The third kappa shape index (κ3) is 3.83. The quantitative estimate of drug-likeness (QED) is 0.640. The van der Waals surface area contributed by atoms with Crippen molar-refractivity contribution in [2.24, 2.45) is 5.92 Å². The van der Waals surface area contributed by atoms with Gasteiger partial charge >= 0.3 is 98.2 Å². The SMILES string of the molecule is C=CC([Se]c1ccccc1)C(O)C(C)C. The topological polar surface area (TPSA) is 20.2 Å². The molecular weight excluding hydrogens is 251 g/mol. The van der Waals surface area contributed by atoms with Gasteiger partial charge in [0, 0.05) is 0 Å². The zero-order chi connectivity index (χ0) is 11.3. The monoisotopic (exact) mass is 270 g/mol. The molecule has 1 aromatic rings. The fourth-order valence-corrected chi connectivity index (χ4v) is 3.77. The molecule has 0 aliphatic carbocycles. The Labute approximate surface area is 98.4 Å². The second-order valence-electron chi connectivity index (χ2n) is 3.87. The molecule has 0 bridgehead atoms. The van der Waals surface area contributed by atoms with Gasteiger partial charge in [0.2, 0.25) is 0 Å². The van der Waals surface area contributed by atoms with Crippen molar-refractivity contribution in [2.45, 2.75) is 24.8 Å². The second kappa shape index (κ2) is 6.12. The van der Waals surface area contributed by atoms with Gasteiger partial charge in [-0.2, -0.15) is 0 Å². The third-order valence-electron chi connectivity index (χ3n) is 2.27. The van der Waals surface area contributed by atoms with Gasteiger partial charge < -0.3 is 0 Å². The van der Waals surface area contributed by atoms with E-state index in [9.17, 15) is 5.11 Å². The summed E-state index contributed by atoms with van der Waals surface area (Å²) in [5.41, 5.74) is 0. The predicted octanol–water partition coefficient (Wildman–Crippen LogP) is 2.01. The molecule has 2 heteroatoms. The first-order valence-electron chi connectivity index (χ1n) is 5.17. The standard InChI is InChI=1S/C13H18OSe/c1-4-12(13(14)10(2)3)15-11-8-6-5-7-9-11/h4-10,12-14H,1H2,2-3H3. The van der Waals surface area contributed by atoms with E-state index in [-0.39, 0.29) is 25.9 Å². The molecule has 0 fully saturated rings. The fourth-order valence-electron chi connectivity index (χ4n) is 1.29. The molecule has 0 aliphatic heterocycles. The molecule has 0 aromatic heterocycles. The average molecular weight is 269 g/mol. The predicted molar refractivity (Wildman–Crippen MR) is 66.6 cm³/mol. The summed E-state index contributed by atoms with van der Waals surface area (Å²) in [5, 5.41) is 9.99. The van der Waals surface area contributed by atoms with Crippen molar-refractivity contribution in [3.8, 4) is 0 Å². The summed E-state index contributed by atoms with van der Waals surface area (Å²) >= 11 is 0.271. The van der Waals surface area contributed by atoms with Gasteiger partial charge in [0.05, 0.1) is 0 Å². The molecular formula is C13H18OSe. The van der Waals surface area contributed by atoms with Crippen LogP contribution in [0, 0.1) is 5.92 Å². The Bertz CT molecular complexity index is 295. The molecule has 0 saturated carbocycles. The van der Waals surface area contributed by atoms with Crippen molar-refractivity contribution >= 4 is 19.4 Å². The number of aliphatic hydroxyl groups excluding tert-OH is 1. The summed E-state index contributed by atoms with van der Waals surface area (Å²) < 4.78 is 1.31. The van der Waals surface area contributed by atoms with Crippen LogP contribution in [0.2, 0.25) is 4.82 Å². The summed E-state index contributed by atoms with van der Waals surface area (Å²) in [5.74, 6) is 0.290. The zero-order valence-electron chi connectivity index (χ0n) is 9.26. The van der Waals surface area contributed by atoms with Crippen LogP contribution in [0.1, 0.15) is 13.8 Å². The van der Waals surface area contributed by atoms with Gasteiger partial charge in [0.15, 0.2) is 0 Å². The van der Waals surface area contributed by atoms with Gasteiger partial charge in [0.1, 0.15) is 0 Å². The molecule has 0 spiro atoms. The Hall–Kier alpha value is -0.561. The molecule has 0 radical (unpaired) electrons. The van der Waals surface area contributed by atoms with E-state index in [2.05, 4.69) is 18.7 Å². The Balaban J connectivity index is 2.66. The Kier molecular flexibility index (Phi) is 5.10. The third-order valence-corrected chi connectivity index (χ3v) is 4.97. The number of hydrogen-bond donors (Lipinski definition) is 1. The first-order valence-corrected chi connectivity index (χ1v) is 7.02. The van der Waals surface area contributed by atoms with Crippen LogP contribution in [0.25, 0.3) is 0 Å². The molecule has 2 unspecified atom stereocenters. The molecule has 2 atom stereocenters. The molecule has 1 nitrogen and oxygen atoms in total. The van der Waals surface area contributed by atoms with Crippen LogP contribution in [-0.4, -0.2) is 26.2 Å². The van der Waals surface area contributed by atoms with Crippen molar-refractivity contribution in [3.63, 3.8) is 0 Å². The van der Waals surface area contributed by atoms with Crippen molar-refractivity contribution < 1.29 is 5.11 Å². The van der Waals surface area contributed by atoms with Crippen molar-refractivity contribution in [3.05, 3.63) is 43.0 Å². The van der Waals surface area contributed by atoms with Gasteiger partial charge in [-0.05, 0) is 0 Å². The van der Waals surface area contributed by atoms with Crippen molar-refractivity contribution in [1.82, 2.24) is 0 Å². The molecule has 15 heavy (non-hydrogen) atoms. The van der Waals surface area contributed by atoms with Crippen LogP contribution in [0.3, 0.4) is 0 Å². The van der Waals surface area contributed by atoms with Crippen LogP contribution in [0.4, 0.5) is 0 Å². The first-order chi connectivity index (χ1) is 7.15. The van der Waals surface area contributed by atoms with E-state index in [1.54, 1.807) is 0 Å². The van der Waals surface area contributed by atoms with Crippen LogP contribution >= 0.6 is 0 Å². The van der Waals surface area contributed by atoms with Crippen LogP contribution < -0.4 is 4.46 Å². The van der Waals surface area contributed by atoms with E-state index in [1.165, 1.54) is 4.46 Å². The minimum absolute atomic E-state index is 0.208. The number of hydrogen-bond acceptors (Lipinski definition) is 1. The zero-order valence-corrected chi connectivity index (χ0v) is 11.0. The van der Waals surface area contributed by atoms with E-state index in [1.807, 2.05) is 38.1 Å². The van der Waals surface area contributed by atoms with E-state index in [0.29, 0.717) is 5.92 Å². The molecule has 82 valence electrons. The second-order valence-corrected chi connectivity index (χ2v) is 6.49.